The van der Waals surface area contributed by atoms with Gasteiger partial charge in [0.25, 0.3) is 0 Å². The fourth-order valence-electron chi connectivity index (χ4n) is 2.53. The Labute approximate surface area is 125 Å². The molecule has 5 nitrogen and oxygen atoms in total. The van der Waals surface area contributed by atoms with E-state index in [0.717, 1.165) is 19.4 Å². The van der Waals surface area contributed by atoms with E-state index in [9.17, 15) is 8.42 Å². The first kappa shape index (κ1) is 15.6. The molecule has 7 heteroatoms. The van der Waals surface area contributed by atoms with Crippen molar-refractivity contribution in [2.45, 2.75) is 23.8 Å². The van der Waals surface area contributed by atoms with Crippen LogP contribution in [0.15, 0.2) is 23.1 Å². The van der Waals surface area contributed by atoms with Crippen molar-refractivity contribution < 1.29 is 8.42 Å². The molecule has 0 saturated carbocycles. The minimum Gasteiger partial charge on any atom is -0.398 e. The highest BCUT2D eigenvalue weighted by Gasteiger charge is 2.35. The molecule has 20 heavy (non-hydrogen) atoms. The van der Waals surface area contributed by atoms with Gasteiger partial charge in [-0.15, -0.1) is 0 Å². The van der Waals surface area contributed by atoms with Crippen molar-refractivity contribution in [3.63, 3.8) is 0 Å². The lowest BCUT2D eigenvalue weighted by Crippen LogP contribution is -2.41. The zero-order valence-corrected chi connectivity index (χ0v) is 13.3. The average Bonchev–Trinajstić information content (AvgIpc) is 2.80. The maximum Gasteiger partial charge on any atom is 0.243 e. The van der Waals surface area contributed by atoms with E-state index in [1.807, 2.05) is 19.0 Å². The maximum absolute atomic E-state index is 12.7. The molecule has 0 spiro atoms. The van der Waals surface area contributed by atoms with Gasteiger partial charge >= 0.3 is 0 Å². The number of likely N-dealkylation sites (N-methyl/N-ethyl adjacent to an activating group) is 1. The Morgan fingerprint density at radius 2 is 2.15 bits per heavy atom. The van der Waals surface area contributed by atoms with Gasteiger partial charge in [0.1, 0.15) is 0 Å². The Morgan fingerprint density at radius 1 is 1.45 bits per heavy atom. The van der Waals surface area contributed by atoms with Crippen molar-refractivity contribution in [1.82, 2.24) is 9.21 Å². The molecule has 1 fully saturated rings. The molecule has 1 heterocycles. The van der Waals surface area contributed by atoms with Gasteiger partial charge in [0.15, 0.2) is 0 Å². The SMILES string of the molecule is CN(C)CC1CCCN1S(=O)(=O)c1ccc(N)c(Cl)c1. The van der Waals surface area contributed by atoms with Gasteiger partial charge in [-0.1, -0.05) is 11.6 Å². The summed E-state index contributed by atoms with van der Waals surface area (Å²) in [4.78, 5) is 2.22. The molecule has 0 amide bonds. The zero-order chi connectivity index (χ0) is 14.9. The van der Waals surface area contributed by atoms with Crippen molar-refractivity contribution in [1.29, 1.82) is 0 Å². The van der Waals surface area contributed by atoms with E-state index in [2.05, 4.69) is 0 Å². The lowest BCUT2D eigenvalue weighted by Gasteiger charge is -2.26. The number of hydrogen-bond donors (Lipinski definition) is 1. The van der Waals surface area contributed by atoms with Crippen molar-refractivity contribution >= 4 is 27.3 Å². The van der Waals surface area contributed by atoms with Crippen LogP contribution in [-0.4, -0.2) is 50.8 Å². The van der Waals surface area contributed by atoms with Gasteiger partial charge in [-0.05, 0) is 45.1 Å². The molecule has 1 atom stereocenters. The summed E-state index contributed by atoms with van der Waals surface area (Å²) in [7, 11) is 0.389. The molecular formula is C13H20ClN3O2S. The molecule has 1 aromatic rings. The largest absolute Gasteiger partial charge is 0.398 e. The Bertz CT molecular complexity index is 589. The predicted molar refractivity (Wildman–Crippen MR) is 81.3 cm³/mol. The number of sulfonamides is 1. The second-order valence-corrected chi connectivity index (χ2v) is 7.66. The second kappa shape index (κ2) is 5.89. The molecule has 0 radical (unpaired) electrons. The number of hydrogen-bond acceptors (Lipinski definition) is 4. The van der Waals surface area contributed by atoms with E-state index in [-0.39, 0.29) is 16.0 Å². The van der Waals surface area contributed by atoms with Crippen LogP contribution in [0.2, 0.25) is 5.02 Å². The summed E-state index contributed by atoms with van der Waals surface area (Å²) in [5, 5.41) is 0.273. The van der Waals surface area contributed by atoms with E-state index in [1.54, 1.807) is 4.31 Å². The number of anilines is 1. The molecule has 2 rings (SSSR count). The van der Waals surface area contributed by atoms with Gasteiger partial charge in [0, 0.05) is 19.1 Å². The van der Waals surface area contributed by atoms with E-state index in [0.29, 0.717) is 12.2 Å². The Morgan fingerprint density at radius 3 is 2.75 bits per heavy atom. The third-order valence-corrected chi connectivity index (χ3v) is 5.75. The van der Waals surface area contributed by atoms with E-state index >= 15 is 0 Å². The molecule has 1 aliphatic rings. The molecule has 1 aromatic carbocycles. The van der Waals surface area contributed by atoms with Crippen molar-refractivity contribution in [3.8, 4) is 0 Å². The third kappa shape index (κ3) is 3.09. The standard InChI is InChI=1S/C13H20ClN3O2S/c1-16(2)9-10-4-3-7-17(10)20(18,19)11-5-6-13(15)12(14)8-11/h5-6,8,10H,3-4,7,9,15H2,1-2H3. The number of benzene rings is 1. The summed E-state index contributed by atoms with van der Waals surface area (Å²) in [5.41, 5.74) is 6.02. The quantitative estimate of drug-likeness (QED) is 0.857. The summed E-state index contributed by atoms with van der Waals surface area (Å²) in [6.07, 6.45) is 1.78. The van der Waals surface area contributed by atoms with E-state index < -0.39 is 10.0 Å². The highest BCUT2D eigenvalue weighted by Crippen LogP contribution is 2.29. The maximum atomic E-state index is 12.7. The van der Waals surface area contributed by atoms with Crippen LogP contribution in [0.25, 0.3) is 0 Å². The lowest BCUT2D eigenvalue weighted by atomic mass is 10.2. The number of rotatable bonds is 4. The van der Waals surface area contributed by atoms with Crippen LogP contribution >= 0.6 is 11.6 Å². The average molecular weight is 318 g/mol. The fourth-order valence-corrected chi connectivity index (χ4v) is 4.49. The molecule has 0 bridgehead atoms. The summed E-state index contributed by atoms with van der Waals surface area (Å²) in [6, 6.07) is 4.50. The molecule has 1 aliphatic heterocycles. The summed E-state index contributed by atoms with van der Waals surface area (Å²) >= 11 is 5.93. The van der Waals surface area contributed by atoms with Crippen LogP contribution in [0.5, 0.6) is 0 Å². The Hall–Kier alpha value is -0.820. The normalized spacial score (nSPS) is 20.7. The monoisotopic (exact) mass is 317 g/mol. The number of nitrogens with zero attached hydrogens (tertiary/aromatic N) is 2. The number of halogens is 1. The molecule has 112 valence electrons. The van der Waals surface area contributed by atoms with Crippen molar-refractivity contribution in [3.05, 3.63) is 23.2 Å². The van der Waals surface area contributed by atoms with Gasteiger partial charge in [-0.2, -0.15) is 4.31 Å². The molecular weight excluding hydrogens is 298 g/mol. The first-order valence-corrected chi connectivity index (χ1v) is 8.36. The topological polar surface area (TPSA) is 66.6 Å². The number of nitrogens with two attached hydrogens (primary N) is 1. The molecule has 0 aliphatic carbocycles. The third-order valence-electron chi connectivity index (χ3n) is 3.48. The fraction of sp³-hybridized carbons (Fsp3) is 0.538. The smallest absolute Gasteiger partial charge is 0.243 e. The first-order chi connectivity index (χ1) is 9.32. The van der Waals surface area contributed by atoms with Gasteiger partial charge in [0.2, 0.25) is 10.0 Å². The Balaban J connectivity index is 2.31. The summed E-state index contributed by atoms with van der Waals surface area (Å²) in [6.45, 7) is 1.28. The lowest BCUT2D eigenvalue weighted by molar-refractivity contribution is 0.291. The second-order valence-electron chi connectivity index (χ2n) is 5.36. The first-order valence-electron chi connectivity index (χ1n) is 6.54. The van der Waals surface area contributed by atoms with Gasteiger partial charge in [-0.25, -0.2) is 8.42 Å². The zero-order valence-electron chi connectivity index (χ0n) is 11.7. The molecule has 0 aromatic heterocycles. The highest BCUT2D eigenvalue weighted by molar-refractivity contribution is 7.89. The summed E-state index contributed by atoms with van der Waals surface area (Å²) < 4.78 is 27.0. The van der Waals surface area contributed by atoms with Gasteiger partial charge in [0.05, 0.1) is 15.6 Å². The predicted octanol–water partition coefficient (Wildman–Crippen LogP) is 1.64. The van der Waals surface area contributed by atoms with Crippen LogP contribution in [0.3, 0.4) is 0 Å². The van der Waals surface area contributed by atoms with E-state index in [1.165, 1.54) is 18.2 Å². The summed E-state index contributed by atoms with van der Waals surface area (Å²) in [5.74, 6) is 0. The van der Waals surface area contributed by atoms with Crippen LogP contribution in [0.4, 0.5) is 5.69 Å². The number of nitrogen functional groups attached to an aromatic ring is 1. The van der Waals surface area contributed by atoms with Crippen molar-refractivity contribution in [2.24, 2.45) is 0 Å². The molecule has 1 unspecified atom stereocenters. The van der Waals surface area contributed by atoms with Crippen molar-refractivity contribution in [2.75, 3.05) is 32.9 Å². The van der Waals surface area contributed by atoms with Crippen LogP contribution in [0, 0.1) is 0 Å². The Kier molecular flexibility index (Phi) is 4.59. The molecule has 2 N–H and O–H groups in total. The van der Waals surface area contributed by atoms with Gasteiger partial charge < -0.3 is 10.6 Å². The van der Waals surface area contributed by atoms with E-state index in [4.69, 9.17) is 17.3 Å². The minimum atomic E-state index is -3.51. The van der Waals surface area contributed by atoms with Gasteiger partial charge in [-0.3, -0.25) is 0 Å². The van der Waals surface area contributed by atoms with Crippen LogP contribution < -0.4 is 5.73 Å². The van der Waals surface area contributed by atoms with Crippen LogP contribution in [-0.2, 0) is 10.0 Å². The minimum absolute atomic E-state index is 0.0197. The highest BCUT2D eigenvalue weighted by atomic mass is 35.5. The van der Waals surface area contributed by atoms with Crippen LogP contribution in [0.1, 0.15) is 12.8 Å². The molecule has 1 saturated heterocycles.